The Morgan fingerprint density at radius 1 is 1.22 bits per heavy atom. The van der Waals surface area contributed by atoms with E-state index in [9.17, 15) is 13.2 Å². The van der Waals surface area contributed by atoms with E-state index in [1.165, 1.54) is 7.11 Å². The highest BCUT2D eigenvalue weighted by Gasteiger charge is 2.25. The zero-order chi connectivity index (χ0) is 20.0. The lowest BCUT2D eigenvalue weighted by Crippen LogP contribution is -2.39. The summed E-state index contributed by atoms with van der Waals surface area (Å²) in [7, 11) is -2.72. The summed E-state index contributed by atoms with van der Waals surface area (Å²) in [5.74, 6) is 0. The molecule has 8 nitrogen and oxygen atoms in total. The van der Waals surface area contributed by atoms with E-state index >= 15 is 0 Å². The van der Waals surface area contributed by atoms with Crippen LogP contribution in [0.4, 0.5) is 21.9 Å². The van der Waals surface area contributed by atoms with E-state index in [1.807, 2.05) is 31.2 Å². The van der Waals surface area contributed by atoms with Crippen LogP contribution in [0.3, 0.4) is 0 Å². The second-order valence-electron chi connectivity index (χ2n) is 6.39. The zero-order valence-corrected chi connectivity index (χ0v) is 16.6. The van der Waals surface area contributed by atoms with Gasteiger partial charge in [-0.05, 0) is 38.5 Å². The fraction of sp³-hybridized carbons (Fsp3) is 0.333. The third kappa shape index (κ3) is 5.93. The Morgan fingerprint density at radius 2 is 1.96 bits per heavy atom. The van der Waals surface area contributed by atoms with Gasteiger partial charge in [0.15, 0.2) is 12.4 Å². The number of aromatic nitrogens is 1. The Hall–Kier alpha value is -2.65. The standard InChI is InChI=1S/C18H24N4O4S/c1-13(2)19-18(23)27(24,25)21-17-11-22(12-26-4)9-8-16(17)20-15-7-5-6-14(3)10-15/h5-11,13,21H,12H2,1-4H3,(H,19,23)/p+1. The van der Waals surface area contributed by atoms with Gasteiger partial charge in [-0.1, -0.05) is 12.1 Å². The van der Waals surface area contributed by atoms with Gasteiger partial charge in [0.25, 0.3) is 6.73 Å². The quantitative estimate of drug-likeness (QED) is 0.628. The summed E-state index contributed by atoms with van der Waals surface area (Å²) < 4.78 is 33.8. The van der Waals surface area contributed by atoms with Crippen LogP contribution in [0.2, 0.25) is 0 Å². The Kier molecular flexibility index (Phi) is 6.75. The van der Waals surface area contributed by atoms with E-state index in [0.717, 1.165) is 11.3 Å². The summed E-state index contributed by atoms with van der Waals surface area (Å²) in [6.07, 6.45) is 3.30. The van der Waals surface area contributed by atoms with E-state index in [-0.39, 0.29) is 18.5 Å². The van der Waals surface area contributed by atoms with Crippen LogP contribution in [0.15, 0.2) is 42.7 Å². The van der Waals surface area contributed by atoms with E-state index in [2.05, 4.69) is 15.4 Å². The first kappa shape index (κ1) is 20.7. The lowest BCUT2D eigenvalue weighted by atomic mass is 10.2. The molecule has 0 atom stereocenters. The lowest BCUT2D eigenvalue weighted by Gasteiger charge is -2.14. The van der Waals surface area contributed by atoms with Gasteiger partial charge in [0.05, 0.1) is 5.69 Å². The molecule has 0 aliphatic rings. The highest BCUT2D eigenvalue weighted by molar-refractivity contribution is 8.07. The number of hydrogen-bond acceptors (Lipinski definition) is 5. The molecule has 0 unspecified atom stereocenters. The summed E-state index contributed by atoms with van der Waals surface area (Å²) in [6.45, 7) is 5.57. The Bertz CT molecular complexity index is 913. The van der Waals surface area contributed by atoms with Crippen LogP contribution in [0.1, 0.15) is 19.4 Å². The fourth-order valence-corrected chi connectivity index (χ4v) is 3.28. The van der Waals surface area contributed by atoms with Gasteiger partial charge in [0, 0.05) is 24.9 Å². The molecule has 2 rings (SSSR count). The van der Waals surface area contributed by atoms with Gasteiger partial charge in [-0.3, -0.25) is 9.52 Å². The van der Waals surface area contributed by atoms with Crippen LogP contribution in [0.25, 0.3) is 0 Å². The minimum Gasteiger partial charge on any atom is -0.353 e. The summed E-state index contributed by atoms with van der Waals surface area (Å²) >= 11 is 0. The van der Waals surface area contributed by atoms with Crippen LogP contribution >= 0.6 is 0 Å². The van der Waals surface area contributed by atoms with Crippen LogP contribution in [0, 0.1) is 6.92 Å². The number of carbonyl (C=O) groups excluding carboxylic acids is 1. The second-order valence-corrected chi connectivity index (χ2v) is 7.97. The third-order valence-corrected chi connectivity index (χ3v) is 4.58. The number of hydrogen-bond donors (Lipinski definition) is 3. The molecular weight excluding hydrogens is 368 g/mol. The van der Waals surface area contributed by atoms with E-state index in [4.69, 9.17) is 4.74 Å². The molecule has 1 aromatic heterocycles. The maximum absolute atomic E-state index is 12.4. The molecule has 2 aromatic rings. The molecule has 0 radical (unpaired) electrons. The van der Waals surface area contributed by atoms with Crippen LogP contribution < -0.4 is 19.9 Å². The summed E-state index contributed by atoms with van der Waals surface area (Å²) in [5.41, 5.74) is 2.60. The Balaban J connectivity index is 2.36. The highest BCUT2D eigenvalue weighted by atomic mass is 32.2. The monoisotopic (exact) mass is 393 g/mol. The number of nitrogens with one attached hydrogen (secondary N) is 3. The van der Waals surface area contributed by atoms with E-state index < -0.39 is 15.3 Å². The number of methoxy groups -OCH3 is 1. The number of rotatable bonds is 7. The predicted octanol–water partition coefficient (Wildman–Crippen LogP) is 2.49. The number of amides is 1. The molecule has 1 amide bonds. The first-order chi connectivity index (χ1) is 12.7. The van der Waals surface area contributed by atoms with Gasteiger partial charge in [0.2, 0.25) is 0 Å². The van der Waals surface area contributed by atoms with Gasteiger partial charge in [-0.15, -0.1) is 0 Å². The van der Waals surface area contributed by atoms with E-state index in [0.29, 0.717) is 5.69 Å². The van der Waals surface area contributed by atoms with Gasteiger partial charge >= 0.3 is 15.3 Å². The van der Waals surface area contributed by atoms with Crippen molar-refractivity contribution in [1.29, 1.82) is 0 Å². The van der Waals surface area contributed by atoms with Crippen molar-refractivity contribution >= 4 is 32.3 Å². The molecule has 1 aromatic carbocycles. The Labute approximate surface area is 159 Å². The second kappa shape index (κ2) is 8.83. The molecule has 0 saturated carbocycles. The predicted molar refractivity (Wildman–Crippen MR) is 104 cm³/mol. The van der Waals surface area contributed by atoms with Crippen molar-refractivity contribution < 1.29 is 22.5 Å². The van der Waals surface area contributed by atoms with Crippen LogP contribution in [-0.2, 0) is 21.5 Å². The smallest absolute Gasteiger partial charge is 0.353 e. The average molecular weight is 393 g/mol. The molecule has 0 saturated heterocycles. The summed E-state index contributed by atoms with van der Waals surface area (Å²) in [6, 6.07) is 9.06. The molecule has 27 heavy (non-hydrogen) atoms. The van der Waals surface area contributed by atoms with Crippen molar-refractivity contribution in [3.05, 3.63) is 48.3 Å². The number of aryl methyl sites for hydroxylation is 1. The van der Waals surface area contributed by atoms with Gasteiger partial charge in [-0.25, -0.2) is 0 Å². The zero-order valence-electron chi connectivity index (χ0n) is 15.8. The van der Waals surface area contributed by atoms with Crippen LogP contribution in [-0.4, -0.2) is 26.8 Å². The average Bonchev–Trinajstić information content (AvgIpc) is 2.56. The van der Waals surface area contributed by atoms with Crippen molar-refractivity contribution in [2.45, 2.75) is 33.5 Å². The summed E-state index contributed by atoms with van der Waals surface area (Å²) in [5, 5.41) is 4.47. The first-order valence-electron chi connectivity index (χ1n) is 8.40. The van der Waals surface area contributed by atoms with Gasteiger partial charge in [0.1, 0.15) is 5.69 Å². The minimum absolute atomic E-state index is 0.231. The third-order valence-electron chi connectivity index (χ3n) is 3.49. The maximum atomic E-state index is 12.4. The topological polar surface area (TPSA) is 100 Å². The minimum atomic E-state index is -4.26. The molecule has 146 valence electrons. The van der Waals surface area contributed by atoms with Crippen molar-refractivity contribution in [1.82, 2.24) is 5.32 Å². The largest absolute Gasteiger partial charge is 0.357 e. The number of carbonyl (C=O) groups is 1. The SMILES string of the molecule is COC[n+]1ccc(Nc2cccc(C)c2)c(NS(=O)(=O)C(=O)NC(C)C)c1. The van der Waals surface area contributed by atoms with Crippen LogP contribution in [0.5, 0.6) is 0 Å². The van der Waals surface area contributed by atoms with Gasteiger partial charge < -0.3 is 15.4 Å². The summed E-state index contributed by atoms with van der Waals surface area (Å²) in [4.78, 5) is 12.0. The Morgan fingerprint density at radius 3 is 2.59 bits per heavy atom. The first-order valence-corrected chi connectivity index (χ1v) is 9.88. The van der Waals surface area contributed by atoms with Crippen molar-refractivity contribution in [2.24, 2.45) is 0 Å². The molecule has 0 aliphatic heterocycles. The number of nitrogens with zero attached hydrogens (tertiary/aromatic N) is 1. The van der Waals surface area contributed by atoms with E-state index in [1.54, 1.807) is 36.9 Å². The molecule has 0 spiro atoms. The number of pyridine rings is 1. The van der Waals surface area contributed by atoms with Crippen molar-refractivity contribution in [2.75, 3.05) is 17.1 Å². The maximum Gasteiger partial charge on any atom is 0.357 e. The fourth-order valence-electron chi connectivity index (χ4n) is 2.34. The number of ether oxygens (including phenoxy) is 1. The highest BCUT2D eigenvalue weighted by Crippen LogP contribution is 2.25. The number of benzene rings is 1. The normalized spacial score (nSPS) is 11.3. The molecule has 3 N–H and O–H groups in total. The molecule has 9 heteroatoms. The molecule has 0 bridgehead atoms. The lowest BCUT2D eigenvalue weighted by molar-refractivity contribution is -0.730. The van der Waals surface area contributed by atoms with Gasteiger partial charge in [-0.2, -0.15) is 13.0 Å². The molecule has 0 aliphatic carbocycles. The number of anilines is 3. The molecule has 0 fully saturated rings. The van der Waals surface area contributed by atoms with Crippen molar-refractivity contribution in [3.63, 3.8) is 0 Å². The molecular formula is C18H25N4O4S+. The number of sulfonamides is 1. The van der Waals surface area contributed by atoms with Crippen molar-refractivity contribution in [3.8, 4) is 0 Å². The molecule has 1 heterocycles.